The van der Waals surface area contributed by atoms with Crippen LogP contribution in [0.4, 0.5) is 5.69 Å². The number of anilines is 1. The van der Waals surface area contributed by atoms with E-state index in [0.29, 0.717) is 11.3 Å². The van der Waals surface area contributed by atoms with Gasteiger partial charge in [0.05, 0.1) is 12.0 Å². The molecule has 0 atom stereocenters. The van der Waals surface area contributed by atoms with Crippen molar-refractivity contribution in [3.8, 4) is 5.75 Å². The van der Waals surface area contributed by atoms with Crippen LogP contribution in [0.2, 0.25) is 0 Å². The first-order valence-corrected chi connectivity index (χ1v) is 6.37. The smallest absolute Gasteiger partial charge is 0.335 e. The zero-order chi connectivity index (χ0) is 15.4. The zero-order valence-electron chi connectivity index (χ0n) is 11.5. The second-order valence-electron chi connectivity index (χ2n) is 4.73. The zero-order valence-corrected chi connectivity index (χ0v) is 11.5. The van der Waals surface area contributed by atoms with Gasteiger partial charge in [0, 0.05) is 5.69 Å². The van der Waals surface area contributed by atoms with Gasteiger partial charge in [-0.2, -0.15) is 0 Å². The Kier molecular flexibility index (Phi) is 4.23. The minimum absolute atomic E-state index is 0.152. The van der Waals surface area contributed by atoms with Gasteiger partial charge < -0.3 is 15.5 Å². The van der Waals surface area contributed by atoms with Gasteiger partial charge in [-0.05, 0) is 48.4 Å². The Morgan fingerprint density at radius 2 is 1.76 bits per heavy atom. The molecule has 0 aliphatic heterocycles. The van der Waals surface area contributed by atoms with Crippen molar-refractivity contribution in [3.63, 3.8) is 0 Å². The van der Waals surface area contributed by atoms with Gasteiger partial charge in [-0.25, -0.2) is 4.79 Å². The van der Waals surface area contributed by atoms with E-state index in [-0.39, 0.29) is 23.6 Å². The largest absolute Gasteiger partial charge is 0.508 e. The average molecular weight is 285 g/mol. The van der Waals surface area contributed by atoms with Gasteiger partial charge >= 0.3 is 5.97 Å². The highest BCUT2D eigenvalue weighted by Gasteiger charge is 2.09. The predicted octanol–water partition coefficient (Wildman–Crippen LogP) is 2.58. The lowest BCUT2D eigenvalue weighted by Gasteiger charge is -2.09. The minimum atomic E-state index is -1.000. The van der Waals surface area contributed by atoms with E-state index in [1.54, 1.807) is 25.1 Å². The highest BCUT2D eigenvalue weighted by molar-refractivity contribution is 5.94. The number of phenolic OH excluding ortho intramolecular Hbond substituents is 1. The van der Waals surface area contributed by atoms with Gasteiger partial charge in [0.1, 0.15) is 5.75 Å². The second kappa shape index (κ2) is 6.09. The molecule has 21 heavy (non-hydrogen) atoms. The Labute approximate surface area is 121 Å². The van der Waals surface area contributed by atoms with Gasteiger partial charge in [0.25, 0.3) is 0 Å². The maximum Gasteiger partial charge on any atom is 0.335 e. The number of rotatable bonds is 4. The molecule has 3 N–H and O–H groups in total. The van der Waals surface area contributed by atoms with E-state index >= 15 is 0 Å². The number of phenols is 1. The fourth-order valence-corrected chi connectivity index (χ4v) is 1.93. The van der Waals surface area contributed by atoms with Crippen LogP contribution in [-0.4, -0.2) is 22.1 Å². The Bertz CT molecular complexity index is 677. The Balaban J connectivity index is 2.06. The van der Waals surface area contributed by atoms with Crippen LogP contribution in [0.5, 0.6) is 5.75 Å². The number of carboxylic acids is 1. The van der Waals surface area contributed by atoms with E-state index in [1.807, 2.05) is 0 Å². The summed E-state index contributed by atoms with van der Waals surface area (Å²) in [5.74, 6) is -1.05. The van der Waals surface area contributed by atoms with Gasteiger partial charge in [-0.1, -0.05) is 12.1 Å². The van der Waals surface area contributed by atoms with Crippen molar-refractivity contribution in [1.29, 1.82) is 0 Å². The molecule has 0 heterocycles. The van der Waals surface area contributed by atoms with Gasteiger partial charge in [-0.15, -0.1) is 0 Å². The molecule has 0 spiro atoms. The monoisotopic (exact) mass is 285 g/mol. The predicted molar refractivity (Wildman–Crippen MR) is 78.6 cm³/mol. The lowest BCUT2D eigenvalue weighted by atomic mass is 10.1. The molecule has 0 unspecified atom stereocenters. The van der Waals surface area contributed by atoms with E-state index in [9.17, 15) is 14.7 Å². The van der Waals surface area contributed by atoms with E-state index in [1.165, 1.54) is 24.3 Å². The quantitative estimate of drug-likeness (QED) is 0.805. The number of carbonyl (C=O) groups excluding carboxylic acids is 1. The average Bonchev–Trinajstić information content (AvgIpc) is 2.43. The van der Waals surface area contributed by atoms with Gasteiger partial charge in [0.15, 0.2) is 0 Å². The number of aryl methyl sites for hydroxylation is 1. The maximum absolute atomic E-state index is 11.9. The lowest BCUT2D eigenvalue weighted by Crippen LogP contribution is -2.15. The van der Waals surface area contributed by atoms with Crippen molar-refractivity contribution in [2.75, 3.05) is 5.32 Å². The van der Waals surface area contributed by atoms with Crippen LogP contribution in [0.1, 0.15) is 21.5 Å². The number of benzene rings is 2. The Hall–Kier alpha value is -2.82. The topological polar surface area (TPSA) is 86.6 Å². The number of aromatic hydroxyl groups is 1. The lowest BCUT2D eigenvalue weighted by molar-refractivity contribution is -0.115. The number of nitrogens with one attached hydrogen (secondary N) is 1. The number of amides is 1. The summed E-state index contributed by atoms with van der Waals surface area (Å²) in [5.41, 5.74) is 2.24. The van der Waals surface area contributed by atoms with E-state index in [4.69, 9.17) is 5.11 Å². The summed E-state index contributed by atoms with van der Waals surface area (Å²) in [4.78, 5) is 22.8. The molecule has 2 rings (SSSR count). The molecule has 0 saturated heterocycles. The molecule has 0 aliphatic carbocycles. The van der Waals surface area contributed by atoms with Crippen LogP contribution in [0.15, 0.2) is 42.5 Å². The van der Waals surface area contributed by atoms with Crippen LogP contribution >= 0.6 is 0 Å². The number of carboxylic acid groups (broad SMARTS) is 1. The third-order valence-corrected chi connectivity index (χ3v) is 3.05. The SMILES string of the molecule is Cc1cc(C(=O)O)ccc1NC(=O)Cc1ccc(O)cc1. The Morgan fingerprint density at radius 1 is 1.10 bits per heavy atom. The summed E-state index contributed by atoms with van der Waals surface area (Å²) >= 11 is 0. The van der Waals surface area contributed by atoms with Crippen molar-refractivity contribution < 1.29 is 19.8 Å². The van der Waals surface area contributed by atoms with E-state index in [0.717, 1.165) is 5.56 Å². The normalized spacial score (nSPS) is 10.1. The molecule has 0 bridgehead atoms. The molecular formula is C16H15NO4. The van der Waals surface area contributed by atoms with Crippen LogP contribution in [0.25, 0.3) is 0 Å². The first-order valence-electron chi connectivity index (χ1n) is 6.37. The number of aromatic carboxylic acids is 1. The maximum atomic E-state index is 11.9. The van der Waals surface area contributed by atoms with E-state index in [2.05, 4.69) is 5.32 Å². The number of carbonyl (C=O) groups is 2. The summed E-state index contributed by atoms with van der Waals surface area (Å²) in [5, 5.41) is 20.8. The summed E-state index contributed by atoms with van der Waals surface area (Å²) in [6.45, 7) is 1.74. The summed E-state index contributed by atoms with van der Waals surface area (Å²) in [7, 11) is 0. The highest BCUT2D eigenvalue weighted by Crippen LogP contribution is 2.17. The molecule has 1 amide bonds. The molecule has 0 fully saturated rings. The molecule has 108 valence electrons. The molecule has 0 aliphatic rings. The van der Waals surface area contributed by atoms with Crippen molar-refractivity contribution in [1.82, 2.24) is 0 Å². The fourth-order valence-electron chi connectivity index (χ4n) is 1.93. The van der Waals surface area contributed by atoms with Crippen LogP contribution in [0.3, 0.4) is 0 Å². The number of hydrogen-bond donors (Lipinski definition) is 3. The molecule has 0 saturated carbocycles. The minimum Gasteiger partial charge on any atom is -0.508 e. The van der Waals surface area contributed by atoms with Crippen molar-refractivity contribution >= 4 is 17.6 Å². The summed E-state index contributed by atoms with van der Waals surface area (Å²) in [6.07, 6.45) is 0.181. The third kappa shape index (κ3) is 3.82. The number of hydrogen-bond acceptors (Lipinski definition) is 3. The van der Waals surface area contributed by atoms with Crippen LogP contribution in [-0.2, 0) is 11.2 Å². The molecular weight excluding hydrogens is 270 g/mol. The second-order valence-corrected chi connectivity index (χ2v) is 4.73. The molecule has 0 radical (unpaired) electrons. The molecule has 2 aromatic rings. The molecule has 0 aromatic heterocycles. The van der Waals surface area contributed by atoms with Crippen molar-refractivity contribution in [3.05, 3.63) is 59.2 Å². The van der Waals surface area contributed by atoms with Gasteiger partial charge in [0.2, 0.25) is 5.91 Å². The third-order valence-electron chi connectivity index (χ3n) is 3.05. The first-order chi connectivity index (χ1) is 9.95. The molecule has 5 heteroatoms. The highest BCUT2D eigenvalue weighted by atomic mass is 16.4. The molecule has 5 nitrogen and oxygen atoms in total. The standard InChI is InChI=1S/C16H15NO4/c1-10-8-12(16(20)21)4-7-14(10)17-15(19)9-11-2-5-13(18)6-3-11/h2-8,18H,9H2,1H3,(H,17,19)(H,20,21). The van der Waals surface area contributed by atoms with Crippen LogP contribution in [0, 0.1) is 6.92 Å². The fraction of sp³-hybridized carbons (Fsp3) is 0.125. The van der Waals surface area contributed by atoms with Gasteiger partial charge in [-0.3, -0.25) is 4.79 Å². The van der Waals surface area contributed by atoms with E-state index < -0.39 is 5.97 Å². The van der Waals surface area contributed by atoms with Crippen molar-refractivity contribution in [2.24, 2.45) is 0 Å². The summed E-state index contributed by atoms with van der Waals surface area (Å²) < 4.78 is 0. The molecule has 2 aromatic carbocycles. The Morgan fingerprint density at radius 3 is 2.33 bits per heavy atom. The van der Waals surface area contributed by atoms with Crippen LogP contribution < -0.4 is 5.32 Å². The summed E-state index contributed by atoms with van der Waals surface area (Å²) in [6, 6.07) is 10.9. The van der Waals surface area contributed by atoms with Crippen molar-refractivity contribution in [2.45, 2.75) is 13.3 Å². The first kappa shape index (κ1) is 14.6.